The Morgan fingerprint density at radius 3 is 2.55 bits per heavy atom. The molecule has 0 spiro atoms. The fraction of sp³-hybridized carbons (Fsp3) is 0.250. The lowest BCUT2D eigenvalue weighted by Gasteiger charge is -2.25. The van der Waals surface area contributed by atoms with E-state index >= 15 is 0 Å². The van der Waals surface area contributed by atoms with Gasteiger partial charge in [0, 0.05) is 24.7 Å². The predicted octanol–water partition coefficient (Wildman–Crippen LogP) is 4.14. The Morgan fingerprint density at radius 2 is 1.90 bits per heavy atom. The van der Waals surface area contributed by atoms with E-state index in [1.165, 1.54) is 6.07 Å². The van der Waals surface area contributed by atoms with Gasteiger partial charge >= 0.3 is 0 Å². The van der Waals surface area contributed by atoms with Crippen LogP contribution in [-0.2, 0) is 6.54 Å². The molecule has 0 aromatic heterocycles. The summed E-state index contributed by atoms with van der Waals surface area (Å²) < 4.78 is 14.1. The van der Waals surface area contributed by atoms with Crippen LogP contribution in [0.3, 0.4) is 0 Å². The molecule has 0 unspecified atom stereocenters. The van der Waals surface area contributed by atoms with Gasteiger partial charge in [-0.1, -0.05) is 41.9 Å². The number of hydrogen-bond acceptors (Lipinski definition) is 2. The second-order valence-electron chi connectivity index (χ2n) is 4.91. The van der Waals surface area contributed by atoms with Gasteiger partial charge in [0.1, 0.15) is 5.82 Å². The molecule has 0 aliphatic heterocycles. The quantitative estimate of drug-likeness (QED) is 0.918. The third-order valence-electron chi connectivity index (χ3n) is 3.26. The summed E-state index contributed by atoms with van der Waals surface area (Å²) in [6.45, 7) is 2.38. The molecule has 2 aromatic rings. The number of rotatable bonds is 4. The van der Waals surface area contributed by atoms with Crippen molar-refractivity contribution in [3.8, 4) is 0 Å². The number of halogens is 2. The minimum atomic E-state index is -0.269. The third kappa shape index (κ3) is 3.11. The molecular formula is C16H18ClFN2. The van der Waals surface area contributed by atoms with Crippen molar-refractivity contribution in [2.75, 3.05) is 11.9 Å². The van der Waals surface area contributed by atoms with Gasteiger partial charge in [-0.05, 0) is 30.2 Å². The first-order chi connectivity index (χ1) is 9.50. The molecule has 0 amide bonds. The lowest BCUT2D eigenvalue weighted by Crippen LogP contribution is -2.21. The Labute approximate surface area is 124 Å². The first-order valence-electron chi connectivity index (χ1n) is 6.49. The van der Waals surface area contributed by atoms with Crippen LogP contribution in [0.25, 0.3) is 0 Å². The summed E-state index contributed by atoms with van der Waals surface area (Å²) in [6, 6.07) is 12.3. The van der Waals surface area contributed by atoms with Gasteiger partial charge in [0.2, 0.25) is 0 Å². The van der Waals surface area contributed by atoms with E-state index in [2.05, 4.69) is 0 Å². The minimum Gasteiger partial charge on any atom is -0.368 e. The van der Waals surface area contributed by atoms with Gasteiger partial charge in [0.05, 0.1) is 5.69 Å². The largest absolute Gasteiger partial charge is 0.368 e. The van der Waals surface area contributed by atoms with E-state index in [4.69, 9.17) is 17.3 Å². The first-order valence-corrected chi connectivity index (χ1v) is 6.87. The fourth-order valence-electron chi connectivity index (χ4n) is 2.26. The van der Waals surface area contributed by atoms with Crippen LogP contribution in [0.1, 0.15) is 24.1 Å². The Balaban J connectivity index is 2.34. The number of benzene rings is 2. The normalized spacial score (nSPS) is 12.2. The maximum atomic E-state index is 14.1. The molecule has 2 rings (SSSR count). The first kappa shape index (κ1) is 14.8. The average Bonchev–Trinajstić information content (AvgIpc) is 2.40. The molecule has 0 aliphatic rings. The summed E-state index contributed by atoms with van der Waals surface area (Å²) in [6.07, 6.45) is 0. The highest BCUT2D eigenvalue weighted by Gasteiger charge is 2.16. The van der Waals surface area contributed by atoms with Crippen molar-refractivity contribution >= 4 is 17.3 Å². The Morgan fingerprint density at radius 1 is 1.20 bits per heavy atom. The Hall–Kier alpha value is -1.58. The molecule has 0 bridgehead atoms. The molecule has 20 heavy (non-hydrogen) atoms. The highest BCUT2D eigenvalue weighted by molar-refractivity contribution is 6.31. The molecular weight excluding hydrogens is 275 g/mol. The van der Waals surface area contributed by atoms with Crippen LogP contribution in [0.15, 0.2) is 42.5 Å². The van der Waals surface area contributed by atoms with Crippen molar-refractivity contribution in [2.24, 2.45) is 5.73 Å². The summed E-state index contributed by atoms with van der Waals surface area (Å²) in [5, 5.41) is 0.679. The van der Waals surface area contributed by atoms with Gasteiger partial charge < -0.3 is 10.6 Å². The molecule has 2 nitrogen and oxygen atoms in total. The van der Waals surface area contributed by atoms with E-state index in [1.54, 1.807) is 6.07 Å². The van der Waals surface area contributed by atoms with E-state index in [0.717, 1.165) is 11.1 Å². The van der Waals surface area contributed by atoms with Gasteiger partial charge in [-0.15, -0.1) is 0 Å². The maximum absolute atomic E-state index is 14.1. The van der Waals surface area contributed by atoms with Gasteiger partial charge in [0.15, 0.2) is 0 Å². The third-order valence-corrected chi connectivity index (χ3v) is 3.62. The van der Waals surface area contributed by atoms with Gasteiger partial charge in [-0.3, -0.25) is 0 Å². The number of nitrogens with zero attached hydrogens (tertiary/aromatic N) is 1. The van der Waals surface area contributed by atoms with Crippen LogP contribution in [0.2, 0.25) is 5.02 Å². The van der Waals surface area contributed by atoms with Crippen molar-refractivity contribution in [3.05, 3.63) is 64.4 Å². The van der Waals surface area contributed by atoms with Gasteiger partial charge in [0.25, 0.3) is 0 Å². The summed E-state index contributed by atoms with van der Waals surface area (Å²) in [5.74, 6) is -0.269. The number of nitrogens with two attached hydrogens (primary N) is 1. The van der Waals surface area contributed by atoms with Crippen molar-refractivity contribution in [1.82, 2.24) is 0 Å². The summed E-state index contributed by atoms with van der Waals surface area (Å²) in [7, 11) is 1.84. The lowest BCUT2D eigenvalue weighted by molar-refractivity contribution is 0.616. The maximum Gasteiger partial charge on any atom is 0.146 e. The molecule has 4 heteroatoms. The molecule has 0 saturated carbocycles. The zero-order valence-corrected chi connectivity index (χ0v) is 12.4. The molecule has 0 aliphatic carbocycles. The number of hydrogen-bond donors (Lipinski definition) is 1. The molecule has 106 valence electrons. The zero-order valence-electron chi connectivity index (χ0n) is 11.6. The second kappa shape index (κ2) is 6.25. The SMILES string of the molecule is C[C@H](N)c1cccc(F)c1N(C)Cc1ccccc1Cl. The molecule has 0 radical (unpaired) electrons. The van der Waals surface area contributed by atoms with Crippen LogP contribution in [0.4, 0.5) is 10.1 Å². The smallest absolute Gasteiger partial charge is 0.146 e. The molecule has 2 N–H and O–H groups in total. The van der Waals surface area contributed by atoms with Crippen molar-refractivity contribution in [2.45, 2.75) is 19.5 Å². The second-order valence-corrected chi connectivity index (χ2v) is 5.32. The van der Waals surface area contributed by atoms with Crippen molar-refractivity contribution in [3.63, 3.8) is 0 Å². The molecule has 0 heterocycles. The number of para-hydroxylation sites is 1. The Bertz CT molecular complexity index is 599. The molecule has 0 fully saturated rings. The van der Waals surface area contributed by atoms with E-state index in [-0.39, 0.29) is 11.9 Å². The highest BCUT2D eigenvalue weighted by atomic mass is 35.5. The minimum absolute atomic E-state index is 0.227. The summed E-state index contributed by atoms with van der Waals surface area (Å²) in [4.78, 5) is 1.84. The monoisotopic (exact) mass is 292 g/mol. The topological polar surface area (TPSA) is 29.3 Å². The number of anilines is 1. The highest BCUT2D eigenvalue weighted by Crippen LogP contribution is 2.29. The summed E-state index contributed by atoms with van der Waals surface area (Å²) in [5.41, 5.74) is 8.20. The average molecular weight is 293 g/mol. The molecule has 0 saturated heterocycles. The van der Waals surface area contributed by atoms with Crippen molar-refractivity contribution in [1.29, 1.82) is 0 Å². The zero-order chi connectivity index (χ0) is 14.7. The van der Waals surface area contributed by atoms with Crippen LogP contribution in [0.5, 0.6) is 0 Å². The van der Waals surface area contributed by atoms with E-state index in [0.29, 0.717) is 17.3 Å². The summed E-state index contributed by atoms with van der Waals surface area (Å²) >= 11 is 6.15. The fourth-order valence-corrected chi connectivity index (χ4v) is 2.46. The predicted molar refractivity (Wildman–Crippen MR) is 82.6 cm³/mol. The van der Waals surface area contributed by atoms with E-state index in [1.807, 2.05) is 49.2 Å². The van der Waals surface area contributed by atoms with E-state index in [9.17, 15) is 4.39 Å². The van der Waals surface area contributed by atoms with Gasteiger partial charge in [-0.25, -0.2) is 4.39 Å². The van der Waals surface area contributed by atoms with Crippen molar-refractivity contribution < 1.29 is 4.39 Å². The Kier molecular flexibility index (Phi) is 4.63. The van der Waals surface area contributed by atoms with Crippen LogP contribution < -0.4 is 10.6 Å². The van der Waals surface area contributed by atoms with Crippen LogP contribution in [-0.4, -0.2) is 7.05 Å². The van der Waals surface area contributed by atoms with E-state index < -0.39 is 0 Å². The van der Waals surface area contributed by atoms with Gasteiger partial charge in [-0.2, -0.15) is 0 Å². The lowest BCUT2D eigenvalue weighted by atomic mass is 10.0. The standard InChI is InChI=1S/C16H18ClFN2/c1-11(19)13-7-5-9-15(18)16(13)20(2)10-12-6-3-4-8-14(12)17/h3-9,11H,10,19H2,1-2H3/t11-/m0/s1. The molecule has 1 atom stereocenters. The van der Waals surface area contributed by atoms with Crippen LogP contribution >= 0.6 is 11.6 Å². The van der Waals surface area contributed by atoms with Crippen LogP contribution in [0, 0.1) is 5.82 Å². The molecule has 2 aromatic carbocycles.